The Balaban J connectivity index is 1.81. The fourth-order valence-electron chi connectivity index (χ4n) is 1.66. The van der Waals surface area contributed by atoms with Crippen molar-refractivity contribution in [3.8, 4) is 0 Å². The average Bonchev–Trinajstić information content (AvgIpc) is 2.51. The zero-order valence-corrected chi connectivity index (χ0v) is 12.5. The van der Waals surface area contributed by atoms with Crippen molar-refractivity contribution < 1.29 is 22.4 Å². The molecule has 122 valence electrons. The van der Waals surface area contributed by atoms with Crippen LogP contribution >= 0.6 is 11.8 Å². The highest BCUT2D eigenvalue weighted by Crippen LogP contribution is 2.29. The third-order valence-electron chi connectivity index (χ3n) is 2.85. The Labute approximate surface area is 134 Å². The van der Waals surface area contributed by atoms with E-state index in [4.69, 9.17) is 0 Å². The number of carbonyl (C=O) groups excluding carboxylic acids is 1. The van der Waals surface area contributed by atoms with Crippen molar-refractivity contribution in [1.29, 1.82) is 0 Å². The van der Waals surface area contributed by atoms with Crippen LogP contribution in [0.1, 0.15) is 11.1 Å². The van der Waals surface area contributed by atoms with Gasteiger partial charge in [-0.15, -0.1) is 0 Å². The van der Waals surface area contributed by atoms with Crippen molar-refractivity contribution in [1.82, 2.24) is 10.3 Å². The Morgan fingerprint density at radius 1 is 1.17 bits per heavy atom. The molecule has 1 heterocycles. The van der Waals surface area contributed by atoms with Gasteiger partial charge in [-0.3, -0.25) is 4.79 Å². The van der Waals surface area contributed by atoms with Crippen LogP contribution in [0.4, 0.5) is 17.6 Å². The Hall–Kier alpha value is -2.09. The molecule has 1 amide bonds. The molecule has 0 radical (unpaired) electrons. The van der Waals surface area contributed by atoms with Crippen LogP contribution in [0, 0.1) is 5.82 Å². The zero-order valence-electron chi connectivity index (χ0n) is 11.7. The summed E-state index contributed by atoms with van der Waals surface area (Å²) in [6.07, 6.45) is -3.72. The Kier molecular flexibility index (Phi) is 5.59. The van der Waals surface area contributed by atoms with Gasteiger partial charge in [0.15, 0.2) is 0 Å². The van der Waals surface area contributed by atoms with Crippen molar-refractivity contribution in [3.05, 3.63) is 59.5 Å². The lowest BCUT2D eigenvalue weighted by Crippen LogP contribution is -2.25. The van der Waals surface area contributed by atoms with E-state index in [0.29, 0.717) is 10.6 Å². The number of thioether (sulfide) groups is 1. The normalized spacial score (nSPS) is 11.3. The molecule has 3 nitrogen and oxygen atoms in total. The molecule has 0 fully saturated rings. The van der Waals surface area contributed by atoms with Gasteiger partial charge in [-0.2, -0.15) is 13.2 Å². The molecule has 0 spiro atoms. The maximum absolute atomic E-state index is 13.4. The number of alkyl halides is 3. The number of aromatic nitrogens is 1. The second-order valence-electron chi connectivity index (χ2n) is 4.54. The first-order valence-corrected chi connectivity index (χ1v) is 7.51. The third-order valence-corrected chi connectivity index (χ3v) is 3.79. The van der Waals surface area contributed by atoms with Gasteiger partial charge in [0.25, 0.3) is 0 Å². The van der Waals surface area contributed by atoms with E-state index in [-0.39, 0.29) is 18.2 Å². The number of amides is 1. The fourth-order valence-corrected chi connectivity index (χ4v) is 2.33. The molecular formula is C15H12F4N2OS. The molecule has 0 bridgehead atoms. The first-order valence-electron chi connectivity index (χ1n) is 6.52. The van der Waals surface area contributed by atoms with Crippen LogP contribution in [0.3, 0.4) is 0 Å². The van der Waals surface area contributed by atoms with Gasteiger partial charge in [0.2, 0.25) is 5.91 Å². The lowest BCUT2D eigenvalue weighted by atomic mass is 10.2. The maximum Gasteiger partial charge on any atom is 0.417 e. The molecule has 8 heteroatoms. The van der Waals surface area contributed by atoms with E-state index in [1.165, 1.54) is 12.1 Å². The number of hydrogen-bond acceptors (Lipinski definition) is 3. The van der Waals surface area contributed by atoms with Gasteiger partial charge in [-0.05, 0) is 18.2 Å². The minimum Gasteiger partial charge on any atom is -0.351 e. The van der Waals surface area contributed by atoms with Crippen LogP contribution < -0.4 is 5.32 Å². The fraction of sp³-hybridized carbons (Fsp3) is 0.200. The Bertz CT molecular complexity index is 674. The van der Waals surface area contributed by atoms with Crippen LogP contribution in [0.2, 0.25) is 0 Å². The largest absolute Gasteiger partial charge is 0.417 e. The smallest absolute Gasteiger partial charge is 0.351 e. The molecule has 0 aliphatic heterocycles. The predicted octanol–water partition coefficient (Wildman–Crippen LogP) is 3.65. The van der Waals surface area contributed by atoms with Gasteiger partial charge in [0.05, 0.1) is 16.3 Å². The molecule has 2 rings (SSSR count). The van der Waals surface area contributed by atoms with Crippen LogP contribution in [0.5, 0.6) is 0 Å². The molecular weight excluding hydrogens is 332 g/mol. The highest BCUT2D eigenvalue weighted by Gasteiger charge is 2.30. The van der Waals surface area contributed by atoms with E-state index < -0.39 is 17.6 Å². The molecule has 2 aromatic rings. The first kappa shape index (κ1) is 17.3. The second kappa shape index (κ2) is 7.45. The lowest BCUT2D eigenvalue weighted by Gasteiger charge is -2.07. The van der Waals surface area contributed by atoms with Gasteiger partial charge in [0, 0.05) is 18.3 Å². The van der Waals surface area contributed by atoms with Gasteiger partial charge < -0.3 is 5.32 Å². The molecule has 0 atom stereocenters. The number of hydrogen-bond donors (Lipinski definition) is 1. The van der Waals surface area contributed by atoms with E-state index in [1.807, 2.05) is 0 Å². The quantitative estimate of drug-likeness (QED) is 0.665. The number of halogens is 4. The van der Waals surface area contributed by atoms with Gasteiger partial charge in [0.1, 0.15) is 5.82 Å². The summed E-state index contributed by atoms with van der Waals surface area (Å²) in [6.45, 7) is 0.0481. The van der Waals surface area contributed by atoms with Gasteiger partial charge in [-0.1, -0.05) is 30.0 Å². The van der Waals surface area contributed by atoms with Crippen LogP contribution in [-0.4, -0.2) is 16.6 Å². The summed E-state index contributed by atoms with van der Waals surface area (Å²) in [5, 5.41) is 2.84. The number of nitrogens with one attached hydrogen (secondary N) is 1. The SMILES string of the molecule is O=C(CSc1ccc(C(F)(F)F)cn1)NCc1ccccc1F. The minimum absolute atomic E-state index is 0.0210. The monoisotopic (exact) mass is 344 g/mol. The topological polar surface area (TPSA) is 42.0 Å². The molecule has 0 unspecified atom stereocenters. The Morgan fingerprint density at radius 3 is 2.52 bits per heavy atom. The molecule has 23 heavy (non-hydrogen) atoms. The van der Waals surface area contributed by atoms with E-state index in [9.17, 15) is 22.4 Å². The zero-order chi connectivity index (χ0) is 16.9. The molecule has 0 saturated heterocycles. The second-order valence-corrected chi connectivity index (χ2v) is 5.54. The van der Waals surface area contributed by atoms with E-state index >= 15 is 0 Å². The van der Waals surface area contributed by atoms with Crippen molar-refractivity contribution in [2.45, 2.75) is 17.7 Å². The molecule has 1 aromatic carbocycles. The highest BCUT2D eigenvalue weighted by atomic mass is 32.2. The highest BCUT2D eigenvalue weighted by molar-refractivity contribution is 7.99. The summed E-state index contributed by atoms with van der Waals surface area (Å²) in [6, 6.07) is 8.17. The van der Waals surface area contributed by atoms with Gasteiger partial charge >= 0.3 is 6.18 Å². The minimum atomic E-state index is -4.44. The van der Waals surface area contributed by atoms with Crippen molar-refractivity contribution in [2.24, 2.45) is 0 Å². The molecule has 0 aliphatic rings. The van der Waals surface area contributed by atoms with E-state index in [1.54, 1.807) is 18.2 Å². The van der Waals surface area contributed by atoms with Crippen LogP contribution in [0.25, 0.3) is 0 Å². The summed E-state index contributed by atoms with van der Waals surface area (Å²) in [7, 11) is 0. The first-order chi connectivity index (χ1) is 10.9. The Morgan fingerprint density at radius 2 is 1.91 bits per heavy atom. The van der Waals surface area contributed by atoms with E-state index in [0.717, 1.165) is 24.0 Å². The standard InChI is InChI=1S/C15H12F4N2OS/c16-12-4-2-1-3-10(12)7-20-13(22)9-23-14-6-5-11(8-21-14)15(17,18)19/h1-6,8H,7,9H2,(H,20,22). The van der Waals surface area contributed by atoms with Gasteiger partial charge in [-0.25, -0.2) is 9.37 Å². The maximum atomic E-state index is 13.4. The van der Waals surface area contributed by atoms with Crippen molar-refractivity contribution >= 4 is 17.7 Å². The van der Waals surface area contributed by atoms with Crippen LogP contribution in [0.15, 0.2) is 47.6 Å². The number of nitrogens with zero attached hydrogens (tertiary/aromatic N) is 1. The van der Waals surface area contributed by atoms with Crippen molar-refractivity contribution in [3.63, 3.8) is 0 Å². The van der Waals surface area contributed by atoms with Crippen LogP contribution in [-0.2, 0) is 17.5 Å². The summed E-state index contributed by atoms with van der Waals surface area (Å²) < 4.78 is 50.5. The molecule has 0 saturated carbocycles. The summed E-state index contributed by atoms with van der Waals surface area (Å²) >= 11 is 1.00. The number of rotatable bonds is 5. The molecule has 1 aromatic heterocycles. The summed E-state index contributed by atoms with van der Waals surface area (Å²) in [4.78, 5) is 15.3. The number of benzene rings is 1. The third kappa shape index (κ3) is 5.24. The van der Waals surface area contributed by atoms with E-state index in [2.05, 4.69) is 10.3 Å². The molecule has 0 aliphatic carbocycles. The average molecular weight is 344 g/mol. The predicted molar refractivity (Wildman–Crippen MR) is 78.2 cm³/mol. The molecule has 1 N–H and O–H groups in total. The van der Waals surface area contributed by atoms with Crippen molar-refractivity contribution in [2.75, 3.05) is 5.75 Å². The lowest BCUT2D eigenvalue weighted by molar-refractivity contribution is -0.137. The summed E-state index contributed by atoms with van der Waals surface area (Å²) in [5.74, 6) is -0.794. The number of pyridine rings is 1. The summed E-state index contributed by atoms with van der Waals surface area (Å²) in [5.41, 5.74) is -0.482. The number of carbonyl (C=O) groups is 1.